The summed E-state index contributed by atoms with van der Waals surface area (Å²) in [5, 5.41) is 0.904. The first-order chi connectivity index (χ1) is 10.3. The lowest BCUT2D eigenvalue weighted by atomic mass is 10.0. The molecule has 0 saturated carbocycles. The predicted octanol–water partition coefficient (Wildman–Crippen LogP) is 1.83. The number of hydrogen-bond donors (Lipinski definition) is 1. The molecule has 1 N–H and O–H groups in total. The first-order valence-corrected chi connectivity index (χ1v) is 8.86. The molecular weight excluding hydrogens is 300 g/mol. The van der Waals surface area contributed by atoms with Crippen LogP contribution < -0.4 is 4.72 Å². The Hall–Kier alpha value is -1.66. The number of nitrogens with one attached hydrogen (secondary N) is 1. The smallest absolute Gasteiger partial charge is 0.254 e. The fourth-order valence-corrected chi connectivity index (χ4v) is 3.22. The second-order valence-corrected chi connectivity index (χ2v) is 7.43. The average Bonchev–Trinajstić information content (AvgIpc) is 2.96. The highest BCUT2D eigenvalue weighted by Crippen LogP contribution is 2.21. The fraction of sp³-hybridized carbons (Fsp3) is 0.438. The molecule has 5 nitrogen and oxygen atoms in total. The van der Waals surface area contributed by atoms with Gasteiger partial charge < -0.3 is 4.90 Å². The van der Waals surface area contributed by atoms with Crippen molar-refractivity contribution in [2.24, 2.45) is 5.92 Å². The quantitative estimate of drug-likeness (QED) is 0.899. The first kappa shape index (κ1) is 16.7. The zero-order valence-electron chi connectivity index (χ0n) is 13.0. The summed E-state index contributed by atoms with van der Waals surface area (Å²) < 4.78 is 25.2. The molecule has 2 rings (SSSR count). The molecule has 1 aromatic rings. The van der Waals surface area contributed by atoms with Gasteiger partial charge in [-0.05, 0) is 43.4 Å². The van der Waals surface area contributed by atoms with E-state index in [4.69, 9.17) is 0 Å². The number of benzene rings is 1. The SMILES string of the molecule is C=CS(=O)(=O)NC[C@H]1CCN(C(=O)c2cccc(C)c2C)C1. The number of carbonyl (C=O) groups excluding carboxylic acids is 1. The van der Waals surface area contributed by atoms with Gasteiger partial charge in [-0.15, -0.1) is 0 Å². The van der Waals surface area contributed by atoms with Crippen LogP contribution in [0, 0.1) is 19.8 Å². The van der Waals surface area contributed by atoms with E-state index < -0.39 is 10.0 Å². The molecule has 0 aromatic heterocycles. The van der Waals surface area contributed by atoms with E-state index in [0.717, 1.165) is 28.5 Å². The van der Waals surface area contributed by atoms with Gasteiger partial charge >= 0.3 is 0 Å². The largest absolute Gasteiger partial charge is 0.338 e. The van der Waals surface area contributed by atoms with Crippen LogP contribution in [0.4, 0.5) is 0 Å². The number of likely N-dealkylation sites (tertiary alicyclic amines) is 1. The van der Waals surface area contributed by atoms with Crippen molar-refractivity contribution < 1.29 is 13.2 Å². The van der Waals surface area contributed by atoms with Gasteiger partial charge in [0.15, 0.2) is 0 Å². The van der Waals surface area contributed by atoms with Crippen molar-refractivity contribution in [2.75, 3.05) is 19.6 Å². The van der Waals surface area contributed by atoms with Gasteiger partial charge in [-0.25, -0.2) is 13.1 Å². The van der Waals surface area contributed by atoms with E-state index in [1.807, 2.05) is 32.0 Å². The summed E-state index contributed by atoms with van der Waals surface area (Å²) in [7, 11) is -3.40. The van der Waals surface area contributed by atoms with E-state index in [0.29, 0.717) is 19.6 Å². The summed E-state index contributed by atoms with van der Waals surface area (Å²) in [6, 6.07) is 5.72. The second-order valence-electron chi connectivity index (χ2n) is 5.71. The van der Waals surface area contributed by atoms with Crippen LogP contribution in [-0.4, -0.2) is 38.9 Å². The molecule has 0 unspecified atom stereocenters. The van der Waals surface area contributed by atoms with Crippen LogP contribution in [0.15, 0.2) is 30.2 Å². The number of sulfonamides is 1. The normalized spacial score (nSPS) is 18.5. The van der Waals surface area contributed by atoms with E-state index in [-0.39, 0.29) is 11.8 Å². The maximum atomic E-state index is 12.6. The summed E-state index contributed by atoms with van der Waals surface area (Å²) in [6.45, 7) is 8.78. The summed E-state index contributed by atoms with van der Waals surface area (Å²) in [5.41, 5.74) is 2.83. The predicted molar refractivity (Wildman–Crippen MR) is 87.0 cm³/mol. The summed E-state index contributed by atoms with van der Waals surface area (Å²) in [4.78, 5) is 14.4. The maximum Gasteiger partial charge on any atom is 0.254 e. The van der Waals surface area contributed by atoms with Crippen molar-refractivity contribution in [2.45, 2.75) is 20.3 Å². The third-order valence-electron chi connectivity index (χ3n) is 4.20. The minimum atomic E-state index is -3.40. The standard InChI is InChI=1S/C16H22N2O3S/c1-4-22(20,21)17-10-14-8-9-18(11-14)16(19)15-7-5-6-12(2)13(15)3/h4-7,14,17H,1,8-11H2,2-3H3/t14-/m1/s1. The zero-order chi connectivity index (χ0) is 16.3. The van der Waals surface area contributed by atoms with E-state index in [9.17, 15) is 13.2 Å². The van der Waals surface area contributed by atoms with Gasteiger partial charge in [0.25, 0.3) is 5.91 Å². The van der Waals surface area contributed by atoms with E-state index in [1.165, 1.54) is 0 Å². The highest BCUT2D eigenvalue weighted by Gasteiger charge is 2.28. The molecule has 0 aliphatic carbocycles. The zero-order valence-corrected chi connectivity index (χ0v) is 13.8. The van der Waals surface area contributed by atoms with Crippen molar-refractivity contribution in [1.29, 1.82) is 0 Å². The lowest BCUT2D eigenvalue weighted by Gasteiger charge is -2.18. The van der Waals surface area contributed by atoms with Crippen LogP contribution in [0.1, 0.15) is 27.9 Å². The molecule has 1 amide bonds. The van der Waals surface area contributed by atoms with Gasteiger partial charge in [0.1, 0.15) is 0 Å². The number of nitrogens with zero attached hydrogens (tertiary/aromatic N) is 1. The maximum absolute atomic E-state index is 12.6. The van der Waals surface area contributed by atoms with Gasteiger partial charge in [0, 0.05) is 30.6 Å². The van der Waals surface area contributed by atoms with Crippen LogP contribution in [-0.2, 0) is 10.0 Å². The Labute approximate surface area is 132 Å². The third-order valence-corrected chi connectivity index (χ3v) is 5.21. The molecule has 0 bridgehead atoms. The van der Waals surface area contributed by atoms with Crippen LogP contribution in [0.2, 0.25) is 0 Å². The van der Waals surface area contributed by atoms with Gasteiger partial charge in [-0.1, -0.05) is 18.7 Å². The van der Waals surface area contributed by atoms with Crippen molar-refractivity contribution in [1.82, 2.24) is 9.62 Å². The van der Waals surface area contributed by atoms with Crippen molar-refractivity contribution >= 4 is 15.9 Å². The minimum absolute atomic E-state index is 0.0234. The molecule has 0 spiro atoms. The molecule has 22 heavy (non-hydrogen) atoms. The lowest BCUT2D eigenvalue weighted by Crippen LogP contribution is -2.32. The van der Waals surface area contributed by atoms with E-state index in [1.54, 1.807) is 4.90 Å². The Morgan fingerprint density at radius 2 is 2.18 bits per heavy atom. The lowest BCUT2D eigenvalue weighted by molar-refractivity contribution is 0.0786. The molecule has 1 saturated heterocycles. The number of amides is 1. The van der Waals surface area contributed by atoms with Crippen molar-refractivity contribution in [3.63, 3.8) is 0 Å². The molecule has 1 aliphatic rings. The van der Waals surface area contributed by atoms with Crippen molar-refractivity contribution in [3.8, 4) is 0 Å². The Balaban J connectivity index is 1.99. The van der Waals surface area contributed by atoms with Crippen LogP contribution in [0.3, 0.4) is 0 Å². The van der Waals surface area contributed by atoms with Crippen LogP contribution >= 0.6 is 0 Å². The number of carbonyl (C=O) groups is 1. The van der Waals surface area contributed by atoms with Gasteiger partial charge in [0.2, 0.25) is 10.0 Å². The molecule has 0 radical (unpaired) electrons. The Morgan fingerprint density at radius 3 is 2.86 bits per heavy atom. The number of hydrogen-bond acceptors (Lipinski definition) is 3. The molecule has 1 fully saturated rings. The van der Waals surface area contributed by atoms with Gasteiger partial charge in [-0.2, -0.15) is 0 Å². The molecule has 1 aromatic carbocycles. The van der Waals surface area contributed by atoms with Gasteiger partial charge in [0.05, 0.1) is 0 Å². The minimum Gasteiger partial charge on any atom is -0.338 e. The molecular formula is C16H22N2O3S. The number of aryl methyl sites for hydroxylation is 1. The van der Waals surface area contributed by atoms with Crippen molar-refractivity contribution in [3.05, 3.63) is 46.9 Å². The summed E-state index contributed by atoms with van der Waals surface area (Å²) in [5.74, 6) is 0.166. The number of rotatable bonds is 5. The highest BCUT2D eigenvalue weighted by molar-refractivity contribution is 7.92. The average molecular weight is 322 g/mol. The van der Waals surface area contributed by atoms with Crippen LogP contribution in [0.25, 0.3) is 0 Å². The molecule has 120 valence electrons. The molecule has 1 atom stereocenters. The summed E-state index contributed by atoms with van der Waals surface area (Å²) >= 11 is 0. The van der Waals surface area contributed by atoms with E-state index >= 15 is 0 Å². The fourth-order valence-electron chi connectivity index (χ4n) is 2.63. The highest BCUT2D eigenvalue weighted by atomic mass is 32.2. The van der Waals surface area contributed by atoms with E-state index in [2.05, 4.69) is 11.3 Å². The van der Waals surface area contributed by atoms with Gasteiger partial charge in [-0.3, -0.25) is 4.79 Å². The molecule has 1 aliphatic heterocycles. The topological polar surface area (TPSA) is 66.5 Å². The Bertz CT molecular complexity index is 683. The van der Waals surface area contributed by atoms with Crippen LogP contribution in [0.5, 0.6) is 0 Å². The Morgan fingerprint density at radius 1 is 1.45 bits per heavy atom. The third kappa shape index (κ3) is 3.75. The summed E-state index contributed by atoms with van der Waals surface area (Å²) in [6.07, 6.45) is 0.802. The first-order valence-electron chi connectivity index (χ1n) is 7.31. The monoisotopic (exact) mass is 322 g/mol. The second kappa shape index (κ2) is 6.62. The molecule has 6 heteroatoms. The Kier molecular flexibility index (Phi) is 5.03. The molecule has 1 heterocycles.